The van der Waals surface area contributed by atoms with Crippen molar-refractivity contribution in [1.29, 1.82) is 0 Å². The van der Waals surface area contributed by atoms with Crippen LogP contribution in [0.25, 0.3) is 22.2 Å². The highest BCUT2D eigenvalue weighted by atomic mass is 16.5. The number of pyridine rings is 1. The lowest BCUT2D eigenvalue weighted by molar-refractivity contribution is -0.125. The molecule has 3 N–H and O–H groups in total. The average Bonchev–Trinajstić information content (AvgIpc) is 2.62. The topological polar surface area (TPSA) is 85.4 Å². The van der Waals surface area contributed by atoms with Gasteiger partial charge in [0.1, 0.15) is 11.9 Å². The fourth-order valence-corrected chi connectivity index (χ4v) is 2.79. The third-order valence-corrected chi connectivity index (χ3v) is 3.98. The molecule has 0 aliphatic heterocycles. The summed E-state index contributed by atoms with van der Waals surface area (Å²) in [6.07, 6.45) is -1.08. The summed E-state index contributed by atoms with van der Waals surface area (Å²) in [5.74, 6) is 0.0365. The Labute approximate surface area is 146 Å². The van der Waals surface area contributed by atoms with Crippen molar-refractivity contribution in [1.82, 2.24) is 4.98 Å². The number of hydrogen-bond acceptors (Lipinski definition) is 4. The summed E-state index contributed by atoms with van der Waals surface area (Å²) in [5, 5.41) is 10.8. The van der Waals surface area contributed by atoms with Crippen molar-refractivity contribution in [2.24, 2.45) is 5.73 Å². The van der Waals surface area contributed by atoms with Crippen molar-refractivity contribution in [2.45, 2.75) is 19.4 Å². The third-order valence-electron chi connectivity index (χ3n) is 3.98. The number of carbonyl (C=O) groups is 1. The van der Waals surface area contributed by atoms with Crippen molar-refractivity contribution in [3.05, 3.63) is 60.2 Å². The minimum atomic E-state index is -1.23. The first-order valence-corrected chi connectivity index (χ1v) is 8.17. The number of para-hydroxylation sites is 1. The van der Waals surface area contributed by atoms with E-state index in [9.17, 15) is 9.90 Å². The van der Waals surface area contributed by atoms with E-state index in [0.717, 1.165) is 33.5 Å². The molecule has 0 radical (unpaired) electrons. The molecule has 128 valence electrons. The molecule has 0 bridgehead atoms. The molecule has 1 amide bonds. The van der Waals surface area contributed by atoms with E-state index < -0.39 is 12.0 Å². The van der Waals surface area contributed by atoms with Crippen LogP contribution in [0.1, 0.15) is 12.5 Å². The molecule has 3 aromatic rings. The Morgan fingerprint density at radius 3 is 2.76 bits per heavy atom. The van der Waals surface area contributed by atoms with Crippen LogP contribution in [0.5, 0.6) is 5.75 Å². The second kappa shape index (κ2) is 7.32. The number of primary amides is 1. The Bertz CT molecular complexity index is 908. The largest absolute Gasteiger partial charge is 0.494 e. The monoisotopic (exact) mass is 336 g/mol. The zero-order valence-corrected chi connectivity index (χ0v) is 14.0. The van der Waals surface area contributed by atoms with E-state index in [-0.39, 0.29) is 6.42 Å². The number of benzene rings is 2. The van der Waals surface area contributed by atoms with Crippen molar-refractivity contribution in [3.8, 4) is 17.0 Å². The number of nitrogens with two attached hydrogens (primary N) is 1. The highest BCUT2D eigenvalue weighted by Crippen LogP contribution is 2.28. The number of carbonyl (C=O) groups excluding carboxylic acids is 1. The van der Waals surface area contributed by atoms with Gasteiger partial charge in [-0.2, -0.15) is 0 Å². The van der Waals surface area contributed by atoms with Gasteiger partial charge < -0.3 is 15.6 Å². The Balaban J connectivity index is 2.10. The van der Waals surface area contributed by atoms with Crippen LogP contribution >= 0.6 is 0 Å². The van der Waals surface area contributed by atoms with Gasteiger partial charge in [0.15, 0.2) is 0 Å². The predicted octanol–water partition coefficient (Wildman–Crippen LogP) is 2.69. The first-order chi connectivity index (χ1) is 12.1. The maximum Gasteiger partial charge on any atom is 0.246 e. The molecule has 5 nitrogen and oxygen atoms in total. The standard InChI is InChI=1S/C20H20N2O3/c1-2-25-15-7-5-6-13(10-15)18-11-14(12-19(23)20(21)24)16-8-3-4-9-17(16)22-18/h3-11,19,23H,2,12H2,1H3,(H2,21,24). The number of rotatable bonds is 6. The Hall–Kier alpha value is -2.92. The summed E-state index contributed by atoms with van der Waals surface area (Å²) in [4.78, 5) is 16.0. The van der Waals surface area contributed by atoms with Crippen LogP contribution in [0.3, 0.4) is 0 Å². The number of hydrogen-bond donors (Lipinski definition) is 2. The van der Waals surface area contributed by atoms with Crippen molar-refractivity contribution in [2.75, 3.05) is 6.61 Å². The molecule has 0 aliphatic carbocycles. The molecule has 3 rings (SSSR count). The van der Waals surface area contributed by atoms with Crippen molar-refractivity contribution in [3.63, 3.8) is 0 Å². The van der Waals surface area contributed by atoms with Crippen molar-refractivity contribution >= 4 is 16.8 Å². The Morgan fingerprint density at radius 2 is 2.00 bits per heavy atom. The lowest BCUT2D eigenvalue weighted by Crippen LogP contribution is -2.30. The van der Waals surface area contributed by atoms with Gasteiger partial charge in [0.2, 0.25) is 5.91 Å². The van der Waals surface area contributed by atoms with Gasteiger partial charge in [0.05, 0.1) is 17.8 Å². The SMILES string of the molecule is CCOc1cccc(-c2cc(CC(O)C(N)=O)c3ccccc3n2)c1. The summed E-state index contributed by atoms with van der Waals surface area (Å²) >= 11 is 0. The van der Waals surface area contributed by atoms with Gasteiger partial charge in [-0.15, -0.1) is 0 Å². The lowest BCUT2D eigenvalue weighted by atomic mass is 9.99. The van der Waals surface area contributed by atoms with E-state index in [1.807, 2.05) is 61.5 Å². The van der Waals surface area contributed by atoms with E-state index in [1.54, 1.807) is 0 Å². The van der Waals surface area contributed by atoms with Gasteiger partial charge in [-0.1, -0.05) is 30.3 Å². The number of aromatic nitrogens is 1. The molecule has 0 aliphatic rings. The minimum absolute atomic E-state index is 0.149. The normalized spacial score (nSPS) is 12.1. The van der Waals surface area contributed by atoms with E-state index in [2.05, 4.69) is 0 Å². The van der Waals surface area contributed by atoms with Gasteiger partial charge in [0.25, 0.3) is 0 Å². The quantitative estimate of drug-likeness (QED) is 0.725. The number of ether oxygens (including phenoxy) is 1. The predicted molar refractivity (Wildman–Crippen MR) is 97.3 cm³/mol. The third kappa shape index (κ3) is 3.78. The van der Waals surface area contributed by atoms with Gasteiger partial charge in [-0.05, 0) is 36.8 Å². The Kier molecular flexibility index (Phi) is 4.95. The van der Waals surface area contributed by atoms with Crippen LogP contribution in [0.15, 0.2) is 54.6 Å². The summed E-state index contributed by atoms with van der Waals surface area (Å²) in [7, 11) is 0. The van der Waals surface area contributed by atoms with E-state index in [4.69, 9.17) is 15.5 Å². The van der Waals surface area contributed by atoms with Crippen LogP contribution in [0, 0.1) is 0 Å². The van der Waals surface area contributed by atoms with E-state index >= 15 is 0 Å². The van der Waals surface area contributed by atoms with Gasteiger partial charge in [-0.3, -0.25) is 4.79 Å². The summed E-state index contributed by atoms with van der Waals surface area (Å²) < 4.78 is 5.55. The molecule has 25 heavy (non-hydrogen) atoms. The van der Waals surface area contributed by atoms with Crippen LogP contribution in [-0.2, 0) is 11.2 Å². The minimum Gasteiger partial charge on any atom is -0.494 e. The van der Waals surface area contributed by atoms with Crippen molar-refractivity contribution < 1.29 is 14.6 Å². The molecule has 0 saturated carbocycles. The van der Waals surface area contributed by atoms with Crippen LogP contribution < -0.4 is 10.5 Å². The molecule has 0 saturated heterocycles. The molecular weight excluding hydrogens is 316 g/mol. The first-order valence-electron chi connectivity index (χ1n) is 8.17. The maximum atomic E-state index is 11.3. The molecule has 2 aromatic carbocycles. The molecule has 1 aromatic heterocycles. The van der Waals surface area contributed by atoms with Gasteiger partial charge in [-0.25, -0.2) is 4.98 Å². The van der Waals surface area contributed by atoms with Gasteiger partial charge in [0, 0.05) is 17.4 Å². The van der Waals surface area contributed by atoms with Crippen LogP contribution in [0.4, 0.5) is 0 Å². The molecule has 1 heterocycles. The highest BCUT2D eigenvalue weighted by molar-refractivity contribution is 5.86. The molecular formula is C20H20N2O3. The fraction of sp³-hybridized carbons (Fsp3) is 0.200. The maximum absolute atomic E-state index is 11.3. The number of aliphatic hydroxyl groups excluding tert-OH is 1. The summed E-state index contributed by atoms with van der Waals surface area (Å²) in [5.41, 5.74) is 8.50. The molecule has 5 heteroatoms. The molecule has 0 spiro atoms. The summed E-state index contributed by atoms with van der Waals surface area (Å²) in [6, 6.07) is 17.2. The van der Waals surface area contributed by atoms with E-state index in [0.29, 0.717) is 6.61 Å². The highest BCUT2D eigenvalue weighted by Gasteiger charge is 2.15. The van der Waals surface area contributed by atoms with Crippen LogP contribution in [-0.4, -0.2) is 28.7 Å². The lowest BCUT2D eigenvalue weighted by Gasteiger charge is -2.13. The summed E-state index contributed by atoms with van der Waals surface area (Å²) in [6.45, 7) is 2.52. The van der Waals surface area contributed by atoms with Crippen LogP contribution in [0.2, 0.25) is 0 Å². The van der Waals surface area contributed by atoms with Gasteiger partial charge >= 0.3 is 0 Å². The first kappa shape index (κ1) is 16.9. The average molecular weight is 336 g/mol. The molecule has 1 unspecified atom stereocenters. The number of nitrogens with zero attached hydrogens (tertiary/aromatic N) is 1. The smallest absolute Gasteiger partial charge is 0.246 e. The molecule has 1 atom stereocenters. The second-order valence-corrected chi connectivity index (χ2v) is 5.77. The van der Waals surface area contributed by atoms with E-state index in [1.165, 1.54) is 0 Å². The second-order valence-electron chi connectivity index (χ2n) is 5.77. The number of amides is 1. The zero-order valence-electron chi connectivity index (χ0n) is 14.0. The Morgan fingerprint density at radius 1 is 1.20 bits per heavy atom. The molecule has 0 fully saturated rings. The number of fused-ring (bicyclic) bond motifs is 1. The number of aliphatic hydroxyl groups is 1. The fourth-order valence-electron chi connectivity index (χ4n) is 2.79. The zero-order chi connectivity index (χ0) is 17.8.